The summed E-state index contributed by atoms with van der Waals surface area (Å²) in [6.45, 7) is 1.85. The quantitative estimate of drug-likeness (QED) is 0.677. The molecule has 0 fully saturated rings. The topological polar surface area (TPSA) is 38.3 Å². The molecular formula is C13H12F3NO2. The van der Waals surface area contributed by atoms with Crippen LogP contribution in [0.1, 0.15) is 18.9 Å². The van der Waals surface area contributed by atoms with Crippen molar-refractivity contribution in [3.63, 3.8) is 0 Å². The van der Waals surface area contributed by atoms with Gasteiger partial charge in [-0.1, -0.05) is 11.8 Å². The van der Waals surface area contributed by atoms with Crippen LogP contribution in [-0.4, -0.2) is 18.8 Å². The molecule has 0 saturated heterocycles. The van der Waals surface area contributed by atoms with Crippen LogP contribution in [-0.2, 0) is 4.79 Å². The number of carbonyl (C=O) groups is 1. The van der Waals surface area contributed by atoms with Crippen LogP contribution < -0.4 is 10.1 Å². The zero-order chi connectivity index (χ0) is 14.3. The first-order chi connectivity index (χ1) is 8.87. The lowest BCUT2D eigenvalue weighted by Gasteiger charge is -2.07. The Kier molecular flexibility index (Phi) is 5.24. The maximum absolute atomic E-state index is 11.9. The van der Waals surface area contributed by atoms with E-state index in [1.54, 1.807) is 0 Å². The van der Waals surface area contributed by atoms with Gasteiger partial charge in [-0.25, -0.2) is 0 Å². The Bertz CT molecular complexity index is 483. The van der Waals surface area contributed by atoms with Crippen molar-refractivity contribution < 1.29 is 22.7 Å². The average molecular weight is 271 g/mol. The molecular weight excluding hydrogens is 259 g/mol. The monoisotopic (exact) mass is 271 g/mol. The Morgan fingerprint density at radius 1 is 1.32 bits per heavy atom. The third kappa shape index (κ3) is 6.99. The molecule has 0 aliphatic rings. The van der Waals surface area contributed by atoms with Crippen molar-refractivity contribution in [3.8, 4) is 17.6 Å². The second-order valence-electron chi connectivity index (χ2n) is 3.61. The minimum atomic E-state index is -4.69. The molecule has 0 spiro atoms. The minimum Gasteiger partial charge on any atom is -0.406 e. The van der Waals surface area contributed by atoms with Crippen molar-refractivity contribution >= 4 is 5.91 Å². The van der Waals surface area contributed by atoms with E-state index in [2.05, 4.69) is 21.9 Å². The Balaban J connectivity index is 2.48. The molecule has 3 nitrogen and oxygen atoms in total. The average Bonchev–Trinajstić information content (AvgIpc) is 2.28. The van der Waals surface area contributed by atoms with E-state index in [-0.39, 0.29) is 11.7 Å². The van der Waals surface area contributed by atoms with Crippen molar-refractivity contribution in [2.75, 3.05) is 6.54 Å². The van der Waals surface area contributed by atoms with E-state index < -0.39 is 6.36 Å². The van der Waals surface area contributed by atoms with Crippen molar-refractivity contribution in [1.29, 1.82) is 0 Å². The van der Waals surface area contributed by atoms with E-state index in [1.807, 2.05) is 0 Å². The SMILES string of the molecule is CC(=O)NCCC#Cc1ccc(OC(F)(F)F)cc1. The second-order valence-corrected chi connectivity index (χ2v) is 3.61. The number of alkyl halides is 3. The zero-order valence-electron chi connectivity index (χ0n) is 10.2. The number of nitrogens with one attached hydrogen (secondary N) is 1. The van der Waals surface area contributed by atoms with Gasteiger partial charge in [-0.05, 0) is 24.3 Å². The van der Waals surface area contributed by atoms with Gasteiger partial charge in [-0.3, -0.25) is 4.79 Å². The summed E-state index contributed by atoms with van der Waals surface area (Å²) >= 11 is 0. The zero-order valence-corrected chi connectivity index (χ0v) is 10.2. The first-order valence-corrected chi connectivity index (χ1v) is 5.46. The van der Waals surface area contributed by atoms with Crippen molar-refractivity contribution in [1.82, 2.24) is 5.32 Å². The number of halogens is 3. The molecule has 1 N–H and O–H groups in total. The molecule has 1 amide bonds. The fourth-order valence-corrected chi connectivity index (χ4v) is 1.21. The van der Waals surface area contributed by atoms with Gasteiger partial charge in [0.05, 0.1) is 0 Å². The summed E-state index contributed by atoms with van der Waals surface area (Å²) in [6.07, 6.45) is -4.22. The van der Waals surface area contributed by atoms with Crippen LogP contribution in [0.5, 0.6) is 5.75 Å². The number of rotatable bonds is 3. The summed E-state index contributed by atoms with van der Waals surface area (Å²) in [6, 6.07) is 5.27. The Morgan fingerprint density at radius 2 is 1.95 bits per heavy atom. The second kappa shape index (κ2) is 6.69. The summed E-state index contributed by atoms with van der Waals surface area (Å²) < 4.78 is 39.5. The summed E-state index contributed by atoms with van der Waals surface area (Å²) in [5.41, 5.74) is 0.581. The lowest BCUT2D eigenvalue weighted by atomic mass is 10.2. The van der Waals surface area contributed by atoms with E-state index in [9.17, 15) is 18.0 Å². The molecule has 0 radical (unpaired) electrons. The number of carbonyl (C=O) groups excluding carboxylic acids is 1. The van der Waals surface area contributed by atoms with E-state index in [0.29, 0.717) is 18.5 Å². The van der Waals surface area contributed by atoms with Gasteiger partial charge in [0.2, 0.25) is 5.91 Å². The Morgan fingerprint density at radius 3 is 2.47 bits per heavy atom. The molecule has 0 saturated carbocycles. The Labute approximate surface area is 108 Å². The molecule has 0 bridgehead atoms. The predicted molar refractivity (Wildman–Crippen MR) is 63.3 cm³/mol. The molecule has 1 rings (SSSR count). The molecule has 0 unspecified atom stereocenters. The highest BCUT2D eigenvalue weighted by molar-refractivity contribution is 5.72. The number of ether oxygens (including phenoxy) is 1. The maximum Gasteiger partial charge on any atom is 0.573 e. The number of amides is 1. The van der Waals surface area contributed by atoms with E-state index in [0.717, 1.165) is 0 Å². The molecule has 0 atom stereocenters. The van der Waals surface area contributed by atoms with Gasteiger partial charge in [0, 0.05) is 25.5 Å². The summed E-state index contributed by atoms with van der Waals surface area (Å²) in [5.74, 6) is 5.16. The first kappa shape index (κ1) is 14.9. The third-order valence-electron chi connectivity index (χ3n) is 1.94. The lowest BCUT2D eigenvalue weighted by molar-refractivity contribution is -0.274. The van der Waals surface area contributed by atoms with E-state index >= 15 is 0 Å². The molecule has 0 aliphatic carbocycles. The summed E-state index contributed by atoms with van der Waals surface area (Å²) in [5, 5.41) is 2.58. The van der Waals surface area contributed by atoms with Gasteiger partial charge in [0.15, 0.2) is 0 Å². The molecule has 1 aromatic carbocycles. The van der Waals surface area contributed by atoms with Crippen LogP contribution in [0.2, 0.25) is 0 Å². The fraction of sp³-hybridized carbons (Fsp3) is 0.308. The van der Waals surface area contributed by atoms with Gasteiger partial charge >= 0.3 is 6.36 Å². The van der Waals surface area contributed by atoms with Crippen molar-refractivity contribution in [2.24, 2.45) is 0 Å². The summed E-state index contributed by atoms with van der Waals surface area (Å²) in [4.78, 5) is 10.6. The standard InChI is InChI=1S/C13H12F3NO2/c1-10(18)17-9-3-2-4-11-5-7-12(8-6-11)19-13(14,15)16/h5-8H,3,9H2,1H3,(H,17,18). The van der Waals surface area contributed by atoms with Crippen LogP contribution in [0.15, 0.2) is 24.3 Å². The first-order valence-electron chi connectivity index (χ1n) is 5.46. The Hall–Kier alpha value is -2.16. The van der Waals surface area contributed by atoms with Gasteiger partial charge < -0.3 is 10.1 Å². The number of hydrogen-bond donors (Lipinski definition) is 1. The lowest BCUT2D eigenvalue weighted by Crippen LogP contribution is -2.20. The van der Waals surface area contributed by atoms with Crippen LogP contribution in [0.3, 0.4) is 0 Å². The minimum absolute atomic E-state index is 0.129. The van der Waals surface area contributed by atoms with E-state index in [1.165, 1.54) is 31.2 Å². The smallest absolute Gasteiger partial charge is 0.406 e. The van der Waals surface area contributed by atoms with Gasteiger partial charge in [0.25, 0.3) is 0 Å². The number of benzene rings is 1. The predicted octanol–water partition coefficient (Wildman–Crippen LogP) is 2.46. The summed E-state index contributed by atoms with van der Waals surface area (Å²) in [7, 11) is 0. The number of hydrogen-bond acceptors (Lipinski definition) is 2. The van der Waals surface area contributed by atoms with Gasteiger partial charge in [-0.15, -0.1) is 13.2 Å². The normalized spacial score (nSPS) is 10.3. The molecule has 0 aliphatic heterocycles. The molecule has 1 aromatic rings. The third-order valence-corrected chi connectivity index (χ3v) is 1.94. The highest BCUT2D eigenvalue weighted by atomic mass is 19.4. The molecule has 19 heavy (non-hydrogen) atoms. The van der Waals surface area contributed by atoms with Gasteiger partial charge in [0.1, 0.15) is 5.75 Å². The van der Waals surface area contributed by atoms with Crippen LogP contribution in [0.25, 0.3) is 0 Å². The molecule has 0 aromatic heterocycles. The van der Waals surface area contributed by atoms with Gasteiger partial charge in [-0.2, -0.15) is 0 Å². The maximum atomic E-state index is 11.9. The van der Waals surface area contributed by atoms with Crippen LogP contribution >= 0.6 is 0 Å². The van der Waals surface area contributed by atoms with Crippen LogP contribution in [0, 0.1) is 11.8 Å². The fourth-order valence-electron chi connectivity index (χ4n) is 1.21. The molecule has 102 valence electrons. The molecule has 0 heterocycles. The van der Waals surface area contributed by atoms with Crippen LogP contribution in [0.4, 0.5) is 13.2 Å². The largest absolute Gasteiger partial charge is 0.573 e. The highest BCUT2D eigenvalue weighted by Crippen LogP contribution is 2.22. The highest BCUT2D eigenvalue weighted by Gasteiger charge is 2.30. The van der Waals surface area contributed by atoms with Crippen molar-refractivity contribution in [3.05, 3.63) is 29.8 Å². The molecule has 6 heteroatoms. The van der Waals surface area contributed by atoms with Crippen molar-refractivity contribution in [2.45, 2.75) is 19.7 Å². The van der Waals surface area contributed by atoms with E-state index in [4.69, 9.17) is 0 Å².